The van der Waals surface area contributed by atoms with Crippen molar-refractivity contribution in [3.63, 3.8) is 0 Å². The van der Waals surface area contributed by atoms with Crippen molar-refractivity contribution in [2.45, 2.75) is 122 Å². The minimum atomic E-state index is -0.855. The van der Waals surface area contributed by atoms with Crippen LogP contribution in [0.4, 0.5) is 0 Å². The van der Waals surface area contributed by atoms with E-state index in [1.165, 1.54) is 77.0 Å². The lowest BCUT2D eigenvalue weighted by Crippen LogP contribution is -2.47. The summed E-state index contributed by atoms with van der Waals surface area (Å²) in [6, 6.07) is 0. The number of hydrogen-bond acceptors (Lipinski definition) is 5. The highest BCUT2D eigenvalue weighted by atomic mass is 35.5. The first-order valence-corrected chi connectivity index (χ1v) is 12.0. The van der Waals surface area contributed by atoms with Crippen LogP contribution in [0, 0.1) is 0 Å². The van der Waals surface area contributed by atoms with Gasteiger partial charge in [0.05, 0.1) is 24.4 Å². The number of nitrogens with zero attached hydrogens (tertiary/aromatic N) is 3. The number of hydrogen-bond donors (Lipinski definition) is 3. The van der Waals surface area contributed by atoms with Gasteiger partial charge in [-0.15, -0.1) is 17.5 Å². The van der Waals surface area contributed by atoms with Crippen LogP contribution in [0.2, 0.25) is 0 Å². The van der Waals surface area contributed by atoms with Gasteiger partial charge < -0.3 is 15.9 Å². The summed E-state index contributed by atoms with van der Waals surface area (Å²) in [7, 11) is 0. The molecule has 7 heteroatoms. The van der Waals surface area contributed by atoms with Crippen LogP contribution < -0.4 is 5.73 Å². The predicted molar refractivity (Wildman–Crippen MR) is 127 cm³/mol. The Hall–Kier alpha value is -0.690. The zero-order chi connectivity index (χ0) is 21.2. The third-order valence-corrected chi connectivity index (χ3v) is 5.81. The fraction of sp³-hybridized carbons (Fsp3) is 0.913. The van der Waals surface area contributed by atoms with Crippen LogP contribution in [0.1, 0.15) is 109 Å². The smallest absolute Gasteiger partial charge is 0.0827 e. The van der Waals surface area contributed by atoms with E-state index in [1.807, 2.05) is 10.9 Å². The summed E-state index contributed by atoms with van der Waals surface area (Å²) in [5.74, 6) is 0. The fourth-order valence-corrected chi connectivity index (χ4v) is 3.67. The second-order valence-corrected chi connectivity index (χ2v) is 8.75. The molecule has 0 unspecified atom stereocenters. The lowest BCUT2D eigenvalue weighted by Gasteiger charge is -2.24. The van der Waals surface area contributed by atoms with E-state index in [4.69, 9.17) is 5.73 Å². The molecular weight excluding hydrogens is 400 g/mol. The first-order valence-electron chi connectivity index (χ1n) is 12.0. The molecule has 0 aromatic carbocycles. The summed E-state index contributed by atoms with van der Waals surface area (Å²) in [6.07, 6.45) is 21.7. The highest BCUT2D eigenvalue weighted by Gasteiger charge is 2.22. The lowest BCUT2D eigenvalue weighted by atomic mass is 9.95. The molecule has 0 atom stereocenters. The van der Waals surface area contributed by atoms with E-state index in [-0.39, 0.29) is 25.6 Å². The van der Waals surface area contributed by atoms with Gasteiger partial charge in [-0.3, -0.25) is 4.68 Å². The molecule has 0 saturated carbocycles. The summed E-state index contributed by atoms with van der Waals surface area (Å²) < 4.78 is 1.96. The minimum absolute atomic E-state index is 0. The van der Waals surface area contributed by atoms with Gasteiger partial charge >= 0.3 is 0 Å². The zero-order valence-electron chi connectivity index (χ0n) is 19.2. The number of unbranched alkanes of at least 4 members (excludes halogenated alkanes) is 12. The van der Waals surface area contributed by atoms with E-state index >= 15 is 0 Å². The van der Waals surface area contributed by atoms with E-state index in [0.717, 1.165) is 31.5 Å². The second-order valence-electron chi connectivity index (χ2n) is 8.75. The molecule has 0 fully saturated rings. The maximum Gasteiger partial charge on any atom is 0.0827 e. The summed E-state index contributed by atoms with van der Waals surface area (Å²) in [6.45, 7) is 2.86. The molecule has 0 bridgehead atoms. The molecule has 30 heavy (non-hydrogen) atoms. The molecule has 0 spiro atoms. The number of aliphatic hydroxyl groups is 2. The van der Waals surface area contributed by atoms with Crippen LogP contribution in [0.3, 0.4) is 0 Å². The molecule has 0 aliphatic carbocycles. The Morgan fingerprint density at radius 1 is 0.833 bits per heavy atom. The maximum absolute atomic E-state index is 9.20. The molecular formula is C23H47ClN4O2. The van der Waals surface area contributed by atoms with Gasteiger partial charge in [-0.1, -0.05) is 89.2 Å². The van der Waals surface area contributed by atoms with Gasteiger partial charge in [0, 0.05) is 12.7 Å². The summed E-state index contributed by atoms with van der Waals surface area (Å²) in [5, 5.41) is 26.9. The fourth-order valence-electron chi connectivity index (χ4n) is 3.67. The second kappa shape index (κ2) is 19.0. The summed E-state index contributed by atoms with van der Waals surface area (Å²) in [4.78, 5) is 0. The van der Waals surface area contributed by atoms with Crippen molar-refractivity contribution in [3.05, 3.63) is 11.9 Å². The van der Waals surface area contributed by atoms with E-state index in [0.29, 0.717) is 6.42 Å². The first-order chi connectivity index (χ1) is 14.1. The average molecular weight is 447 g/mol. The standard InChI is InChI=1S/C23H46N4O2.ClH/c1-2-3-4-5-6-7-8-9-10-11-12-15-18-27-19-22(25-26-27)16-13-14-17-23(24,20-28)21-29;/h19,28-29H,2-18,20-21,24H2,1H3;1H. The molecule has 6 nitrogen and oxygen atoms in total. The van der Waals surface area contributed by atoms with Crippen LogP contribution in [-0.2, 0) is 13.0 Å². The van der Waals surface area contributed by atoms with E-state index < -0.39 is 5.54 Å². The number of halogens is 1. The third-order valence-electron chi connectivity index (χ3n) is 5.81. The van der Waals surface area contributed by atoms with E-state index in [2.05, 4.69) is 17.2 Å². The van der Waals surface area contributed by atoms with Crippen LogP contribution in [0.25, 0.3) is 0 Å². The molecule has 1 aromatic heterocycles. The Morgan fingerprint density at radius 3 is 1.90 bits per heavy atom. The molecule has 0 aliphatic heterocycles. The van der Waals surface area contributed by atoms with Crippen LogP contribution in [-0.4, -0.2) is 44.0 Å². The van der Waals surface area contributed by atoms with Gasteiger partial charge in [-0.05, 0) is 25.7 Å². The van der Waals surface area contributed by atoms with E-state index in [9.17, 15) is 10.2 Å². The van der Waals surface area contributed by atoms with Crippen LogP contribution >= 0.6 is 12.4 Å². The van der Waals surface area contributed by atoms with Crippen molar-refractivity contribution in [1.82, 2.24) is 15.0 Å². The van der Waals surface area contributed by atoms with Gasteiger partial charge in [0.25, 0.3) is 0 Å². The van der Waals surface area contributed by atoms with Gasteiger partial charge in [-0.25, -0.2) is 0 Å². The van der Waals surface area contributed by atoms with Crippen molar-refractivity contribution >= 4 is 12.4 Å². The van der Waals surface area contributed by atoms with Crippen LogP contribution in [0.15, 0.2) is 6.20 Å². The van der Waals surface area contributed by atoms with Gasteiger partial charge in [0.1, 0.15) is 0 Å². The molecule has 1 rings (SSSR count). The third kappa shape index (κ3) is 14.3. The summed E-state index contributed by atoms with van der Waals surface area (Å²) >= 11 is 0. The number of nitrogens with two attached hydrogens (primary N) is 1. The van der Waals surface area contributed by atoms with Gasteiger partial charge in [0.2, 0.25) is 0 Å². The van der Waals surface area contributed by atoms with Crippen molar-refractivity contribution in [2.75, 3.05) is 13.2 Å². The molecule has 178 valence electrons. The molecule has 1 heterocycles. The quantitative estimate of drug-likeness (QED) is 0.250. The monoisotopic (exact) mass is 446 g/mol. The molecule has 0 aliphatic rings. The Morgan fingerprint density at radius 2 is 1.37 bits per heavy atom. The lowest BCUT2D eigenvalue weighted by molar-refractivity contribution is 0.112. The van der Waals surface area contributed by atoms with Crippen molar-refractivity contribution in [1.29, 1.82) is 0 Å². The highest BCUT2D eigenvalue weighted by molar-refractivity contribution is 5.85. The molecule has 0 saturated heterocycles. The molecule has 0 amide bonds. The molecule has 0 radical (unpaired) electrons. The SMILES string of the molecule is CCCCCCCCCCCCCCn1cc(CCCCC(N)(CO)CO)nn1.Cl. The Balaban J connectivity index is 0.00000841. The normalized spacial score (nSPS) is 11.6. The number of aromatic nitrogens is 3. The van der Waals surface area contributed by atoms with E-state index in [1.54, 1.807) is 0 Å². The molecule has 4 N–H and O–H groups in total. The van der Waals surface area contributed by atoms with Crippen LogP contribution in [0.5, 0.6) is 0 Å². The summed E-state index contributed by atoms with van der Waals surface area (Å²) in [5.41, 5.74) is 6.04. The Kier molecular flexibility index (Phi) is 18.6. The molecule has 1 aromatic rings. The highest BCUT2D eigenvalue weighted by Crippen LogP contribution is 2.13. The Labute approximate surface area is 190 Å². The van der Waals surface area contributed by atoms with Gasteiger partial charge in [0.15, 0.2) is 0 Å². The minimum Gasteiger partial charge on any atom is -0.394 e. The maximum atomic E-state index is 9.20. The average Bonchev–Trinajstić information content (AvgIpc) is 3.19. The van der Waals surface area contributed by atoms with Crippen molar-refractivity contribution in [2.24, 2.45) is 5.73 Å². The number of aryl methyl sites for hydroxylation is 2. The largest absolute Gasteiger partial charge is 0.394 e. The number of aliphatic hydroxyl groups excluding tert-OH is 2. The Bertz CT molecular complexity index is 495. The zero-order valence-corrected chi connectivity index (χ0v) is 20.1. The topological polar surface area (TPSA) is 97.2 Å². The number of rotatable bonds is 20. The predicted octanol–water partition coefficient (Wildman–Crippen LogP) is 4.80. The van der Waals surface area contributed by atoms with Crippen molar-refractivity contribution in [3.8, 4) is 0 Å². The first kappa shape index (κ1) is 29.3. The van der Waals surface area contributed by atoms with Gasteiger partial charge in [-0.2, -0.15) is 0 Å². The van der Waals surface area contributed by atoms with Crippen molar-refractivity contribution < 1.29 is 10.2 Å².